The van der Waals surface area contributed by atoms with E-state index in [1.165, 1.54) is 32.1 Å². The van der Waals surface area contributed by atoms with Crippen molar-refractivity contribution >= 4 is 29.1 Å². The Kier molecular flexibility index (Phi) is 10.1. The Bertz CT molecular complexity index is 1290. The Hall–Kier alpha value is -2.01. The summed E-state index contributed by atoms with van der Waals surface area (Å²) in [6, 6.07) is 7.42. The molecule has 242 valence electrons. The van der Waals surface area contributed by atoms with Crippen molar-refractivity contribution in [2.75, 3.05) is 45.8 Å². The average Bonchev–Trinajstić information content (AvgIpc) is 3.43. The van der Waals surface area contributed by atoms with E-state index >= 15 is 0 Å². The second-order valence-corrected chi connectivity index (χ2v) is 13.3. The van der Waals surface area contributed by atoms with Gasteiger partial charge in [-0.25, -0.2) is 0 Å². The molecule has 2 aliphatic heterocycles. The first-order valence-electron chi connectivity index (χ1n) is 15.2. The number of rotatable bonds is 7. The number of amides is 1. The van der Waals surface area contributed by atoms with Crippen molar-refractivity contribution < 1.29 is 31.1 Å². The number of alkyl halides is 6. The lowest BCUT2D eigenvalue weighted by molar-refractivity contribution is -0.143. The van der Waals surface area contributed by atoms with Gasteiger partial charge in [0.2, 0.25) is 5.91 Å². The summed E-state index contributed by atoms with van der Waals surface area (Å²) in [7, 11) is 0. The number of halogens is 8. The Morgan fingerprint density at radius 2 is 1.45 bits per heavy atom. The van der Waals surface area contributed by atoms with Crippen molar-refractivity contribution in [2.24, 2.45) is 0 Å². The molecule has 1 saturated carbocycles. The second-order valence-electron chi connectivity index (χ2n) is 12.5. The van der Waals surface area contributed by atoms with E-state index in [1.54, 1.807) is 17.0 Å². The molecule has 4 nitrogen and oxygen atoms in total. The predicted molar refractivity (Wildman–Crippen MR) is 159 cm³/mol. The van der Waals surface area contributed by atoms with Crippen LogP contribution in [0.1, 0.15) is 67.2 Å². The van der Waals surface area contributed by atoms with Crippen LogP contribution in [0, 0.1) is 0 Å². The van der Waals surface area contributed by atoms with Gasteiger partial charge in [-0.2, -0.15) is 26.3 Å². The fourth-order valence-electron chi connectivity index (χ4n) is 7.07. The minimum atomic E-state index is -4.97. The van der Waals surface area contributed by atoms with Crippen LogP contribution >= 0.6 is 23.2 Å². The van der Waals surface area contributed by atoms with E-state index in [0.717, 1.165) is 44.7 Å². The smallest absolute Gasteiger partial charge is 0.341 e. The van der Waals surface area contributed by atoms with Crippen LogP contribution in [0.15, 0.2) is 36.4 Å². The molecule has 2 saturated heterocycles. The number of piperazine rings is 1. The molecule has 0 N–H and O–H groups in total. The molecule has 3 fully saturated rings. The van der Waals surface area contributed by atoms with Gasteiger partial charge < -0.3 is 9.80 Å². The van der Waals surface area contributed by atoms with Gasteiger partial charge in [0.25, 0.3) is 0 Å². The maximum absolute atomic E-state index is 13.4. The summed E-state index contributed by atoms with van der Waals surface area (Å²) in [5.74, 6) is -0.513. The summed E-state index contributed by atoms with van der Waals surface area (Å²) >= 11 is 12.6. The largest absolute Gasteiger partial charge is 0.416 e. The first-order chi connectivity index (χ1) is 20.7. The van der Waals surface area contributed by atoms with Crippen molar-refractivity contribution in [3.8, 4) is 0 Å². The molecule has 0 radical (unpaired) electrons. The zero-order valence-electron chi connectivity index (χ0n) is 24.4. The van der Waals surface area contributed by atoms with Crippen molar-refractivity contribution in [1.29, 1.82) is 0 Å². The van der Waals surface area contributed by atoms with Crippen LogP contribution < -0.4 is 0 Å². The van der Waals surface area contributed by atoms with Crippen LogP contribution in [0.4, 0.5) is 26.3 Å². The molecule has 1 aliphatic carbocycles. The van der Waals surface area contributed by atoms with Gasteiger partial charge in [0.05, 0.1) is 27.6 Å². The Morgan fingerprint density at radius 3 is 2.05 bits per heavy atom. The molecule has 0 spiro atoms. The highest BCUT2D eigenvalue weighted by atomic mass is 35.5. The lowest BCUT2D eigenvalue weighted by Crippen LogP contribution is -2.51. The summed E-state index contributed by atoms with van der Waals surface area (Å²) < 4.78 is 80.3. The first-order valence-corrected chi connectivity index (χ1v) is 16.0. The van der Waals surface area contributed by atoms with Gasteiger partial charge in [0, 0.05) is 50.7 Å². The molecule has 1 unspecified atom stereocenters. The van der Waals surface area contributed by atoms with E-state index in [0.29, 0.717) is 41.2 Å². The van der Waals surface area contributed by atoms with E-state index < -0.39 is 41.2 Å². The highest BCUT2D eigenvalue weighted by Gasteiger charge is 2.42. The first kappa shape index (κ1) is 33.4. The van der Waals surface area contributed by atoms with Crippen molar-refractivity contribution in [3.05, 3.63) is 68.7 Å². The molecular weight excluding hydrogens is 627 g/mol. The molecule has 12 heteroatoms. The molecule has 2 aromatic carbocycles. The second kappa shape index (κ2) is 13.4. The van der Waals surface area contributed by atoms with Gasteiger partial charge in [-0.15, -0.1) is 0 Å². The zero-order chi connectivity index (χ0) is 31.7. The van der Waals surface area contributed by atoms with Gasteiger partial charge in [-0.3, -0.25) is 9.69 Å². The highest BCUT2D eigenvalue weighted by Crippen LogP contribution is 2.41. The van der Waals surface area contributed by atoms with Gasteiger partial charge in [-0.1, -0.05) is 48.5 Å². The third-order valence-electron chi connectivity index (χ3n) is 9.65. The zero-order valence-corrected chi connectivity index (χ0v) is 25.9. The highest BCUT2D eigenvalue weighted by molar-refractivity contribution is 6.42. The van der Waals surface area contributed by atoms with Gasteiger partial charge >= 0.3 is 12.4 Å². The van der Waals surface area contributed by atoms with E-state index in [9.17, 15) is 31.1 Å². The minimum Gasteiger partial charge on any atom is -0.341 e. The topological polar surface area (TPSA) is 26.8 Å². The molecule has 3 aliphatic rings. The lowest BCUT2D eigenvalue weighted by Gasteiger charge is -2.42. The van der Waals surface area contributed by atoms with Crippen molar-refractivity contribution in [1.82, 2.24) is 14.7 Å². The molecule has 1 atom stereocenters. The van der Waals surface area contributed by atoms with Gasteiger partial charge in [0.1, 0.15) is 0 Å². The molecule has 1 amide bonds. The van der Waals surface area contributed by atoms with E-state index in [2.05, 4.69) is 9.80 Å². The van der Waals surface area contributed by atoms with E-state index in [-0.39, 0.29) is 18.2 Å². The fourth-order valence-corrected chi connectivity index (χ4v) is 7.37. The number of benzene rings is 2. The van der Waals surface area contributed by atoms with Gasteiger partial charge in [-0.05, 0) is 73.7 Å². The van der Waals surface area contributed by atoms with E-state index in [1.807, 2.05) is 6.07 Å². The number of likely N-dealkylation sites (tertiary alicyclic amines) is 1. The van der Waals surface area contributed by atoms with Crippen LogP contribution in [0.5, 0.6) is 0 Å². The molecule has 0 aromatic heterocycles. The predicted octanol–water partition coefficient (Wildman–Crippen LogP) is 8.08. The summed E-state index contributed by atoms with van der Waals surface area (Å²) in [6.07, 6.45) is -2.75. The quantitative estimate of drug-likeness (QED) is 0.280. The molecule has 0 bridgehead atoms. The van der Waals surface area contributed by atoms with E-state index in [4.69, 9.17) is 23.2 Å². The Labute approximate surface area is 264 Å². The number of hydrogen-bond acceptors (Lipinski definition) is 3. The Balaban J connectivity index is 1.29. The van der Waals surface area contributed by atoms with Gasteiger partial charge in [0.15, 0.2) is 0 Å². The lowest BCUT2D eigenvalue weighted by atomic mass is 9.76. The summed E-state index contributed by atoms with van der Waals surface area (Å²) in [5, 5.41) is 0.790. The monoisotopic (exact) mass is 663 g/mol. The number of carbonyl (C=O) groups excluding carboxylic acids is 1. The summed E-state index contributed by atoms with van der Waals surface area (Å²) in [5.41, 5.74) is -2.73. The van der Waals surface area contributed by atoms with Crippen molar-refractivity contribution in [3.63, 3.8) is 0 Å². The van der Waals surface area contributed by atoms with Crippen LogP contribution in [-0.4, -0.2) is 72.5 Å². The fraction of sp³-hybridized carbons (Fsp3) is 0.594. The van der Waals surface area contributed by atoms with Crippen LogP contribution in [-0.2, 0) is 29.0 Å². The minimum absolute atomic E-state index is 0.0775. The summed E-state index contributed by atoms with van der Waals surface area (Å²) in [6.45, 7) is 5.36. The maximum Gasteiger partial charge on any atom is 0.416 e. The van der Waals surface area contributed by atoms with Crippen LogP contribution in [0.2, 0.25) is 10.0 Å². The maximum atomic E-state index is 13.4. The van der Waals surface area contributed by atoms with Crippen LogP contribution in [0.3, 0.4) is 0 Å². The number of carbonyl (C=O) groups is 1. The average molecular weight is 665 g/mol. The molecule has 2 aromatic rings. The number of nitrogens with zero attached hydrogens (tertiary/aromatic N) is 3. The standard InChI is InChI=1S/C32H37Cl2F6N3O/c33-27-7-6-23(20-28(27)34)30(8-10-41-12-14-42(15-13-41)26-4-2-1-3-5-26)9-11-43(21-30)29(44)18-22-16-24(31(35,36)37)19-25(17-22)32(38,39)40/h6-7,16-17,19-20,26H,1-5,8-15,18,21H2. The molecular formula is C32H37Cl2F6N3O. The third-order valence-corrected chi connectivity index (χ3v) is 10.4. The third kappa shape index (κ3) is 7.85. The normalized spacial score (nSPS) is 23.0. The number of hydrogen-bond donors (Lipinski definition) is 0. The summed E-state index contributed by atoms with van der Waals surface area (Å²) in [4.78, 5) is 20.0. The van der Waals surface area contributed by atoms with Crippen LogP contribution in [0.25, 0.3) is 0 Å². The molecule has 2 heterocycles. The SMILES string of the molecule is O=C(Cc1cc(C(F)(F)F)cc(C(F)(F)F)c1)N1CCC(CCN2CCN(C3CCCCC3)CC2)(c2ccc(Cl)c(Cl)c2)C1. The van der Waals surface area contributed by atoms with Crippen molar-refractivity contribution in [2.45, 2.75) is 75.2 Å². The molecule has 44 heavy (non-hydrogen) atoms. The molecule has 5 rings (SSSR count). The Morgan fingerprint density at radius 1 is 0.818 bits per heavy atom.